The van der Waals surface area contributed by atoms with E-state index in [-0.39, 0.29) is 0 Å². The lowest BCUT2D eigenvalue weighted by Crippen LogP contribution is -1.93. The number of hydrogen-bond donors (Lipinski definition) is 0. The van der Waals surface area contributed by atoms with E-state index in [0.29, 0.717) is 12.3 Å². The second kappa shape index (κ2) is 7.81. The standard InChI is InChI=1S/C9H13BrO/c1-9(6-8-11)5-3-2-4-7-10/h8-9H,3,5-7H2,1H3/t9-/m1/s1. The predicted octanol–water partition coefficient (Wildman–Crippen LogP) is 2.39. The summed E-state index contributed by atoms with van der Waals surface area (Å²) in [4.78, 5) is 10.1. The lowest BCUT2D eigenvalue weighted by molar-refractivity contribution is -0.108. The Morgan fingerprint density at radius 3 is 2.82 bits per heavy atom. The van der Waals surface area contributed by atoms with E-state index in [1.54, 1.807) is 0 Å². The molecule has 0 bridgehead atoms. The minimum absolute atomic E-state index is 0.483. The van der Waals surface area contributed by atoms with Gasteiger partial charge >= 0.3 is 0 Å². The van der Waals surface area contributed by atoms with Crippen LogP contribution in [0.2, 0.25) is 0 Å². The molecule has 0 aliphatic heterocycles. The summed E-state index contributed by atoms with van der Waals surface area (Å²) in [6, 6.07) is 0. The van der Waals surface area contributed by atoms with Crippen LogP contribution in [0.3, 0.4) is 0 Å². The summed E-state index contributed by atoms with van der Waals surface area (Å²) >= 11 is 3.22. The molecule has 0 saturated heterocycles. The first-order chi connectivity index (χ1) is 5.31. The predicted molar refractivity (Wildman–Crippen MR) is 50.6 cm³/mol. The third-order valence-electron chi connectivity index (χ3n) is 1.45. The van der Waals surface area contributed by atoms with Crippen molar-refractivity contribution in [2.24, 2.45) is 5.92 Å². The highest BCUT2D eigenvalue weighted by Crippen LogP contribution is 2.06. The van der Waals surface area contributed by atoms with Crippen LogP contribution in [-0.2, 0) is 4.79 Å². The van der Waals surface area contributed by atoms with Gasteiger partial charge in [0.15, 0.2) is 0 Å². The lowest BCUT2D eigenvalue weighted by Gasteiger charge is -2.01. The number of rotatable bonds is 4. The van der Waals surface area contributed by atoms with E-state index in [0.717, 1.165) is 24.5 Å². The summed E-state index contributed by atoms with van der Waals surface area (Å²) in [6.45, 7) is 2.07. The number of carbonyl (C=O) groups is 1. The molecule has 0 aromatic carbocycles. The van der Waals surface area contributed by atoms with Crippen molar-refractivity contribution < 1.29 is 4.79 Å². The van der Waals surface area contributed by atoms with Gasteiger partial charge in [-0.1, -0.05) is 28.8 Å². The maximum absolute atomic E-state index is 10.1. The Labute approximate surface area is 76.7 Å². The van der Waals surface area contributed by atoms with Crippen LogP contribution in [0.1, 0.15) is 26.2 Å². The van der Waals surface area contributed by atoms with Gasteiger partial charge in [-0.2, -0.15) is 0 Å². The fraction of sp³-hybridized carbons (Fsp3) is 0.667. The van der Waals surface area contributed by atoms with E-state index < -0.39 is 0 Å². The van der Waals surface area contributed by atoms with Gasteiger partial charge in [0.05, 0.1) is 5.33 Å². The van der Waals surface area contributed by atoms with Gasteiger partial charge in [0.2, 0.25) is 0 Å². The van der Waals surface area contributed by atoms with Crippen molar-refractivity contribution in [3.63, 3.8) is 0 Å². The third-order valence-corrected chi connectivity index (χ3v) is 1.73. The lowest BCUT2D eigenvalue weighted by atomic mass is 10.0. The van der Waals surface area contributed by atoms with Crippen LogP contribution in [0.5, 0.6) is 0 Å². The molecule has 1 atom stereocenters. The summed E-state index contributed by atoms with van der Waals surface area (Å²) in [5, 5.41) is 0.745. The van der Waals surface area contributed by atoms with E-state index in [9.17, 15) is 4.79 Å². The molecule has 0 fully saturated rings. The van der Waals surface area contributed by atoms with E-state index in [1.165, 1.54) is 0 Å². The second-order valence-electron chi connectivity index (χ2n) is 2.53. The molecule has 0 spiro atoms. The molecule has 0 aliphatic rings. The summed E-state index contributed by atoms with van der Waals surface area (Å²) in [5.41, 5.74) is 0. The highest BCUT2D eigenvalue weighted by atomic mass is 79.9. The second-order valence-corrected chi connectivity index (χ2v) is 3.09. The summed E-state index contributed by atoms with van der Waals surface area (Å²) < 4.78 is 0. The van der Waals surface area contributed by atoms with Gasteiger partial charge < -0.3 is 4.79 Å². The van der Waals surface area contributed by atoms with Gasteiger partial charge in [-0.15, -0.1) is 5.92 Å². The minimum atomic E-state index is 0.483. The minimum Gasteiger partial charge on any atom is -0.303 e. The maximum atomic E-state index is 10.1. The first-order valence-electron chi connectivity index (χ1n) is 3.76. The van der Waals surface area contributed by atoms with Crippen LogP contribution in [0.4, 0.5) is 0 Å². The Bertz CT molecular complexity index is 155. The zero-order valence-electron chi connectivity index (χ0n) is 6.77. The quantitative estimate of drug-likeness (QED) is 0.401. The molecule has 0 N–H and O–H groups in total. The monoisotopic (exact) mass is 216 g/mol. The van der Waals surface area contributed by atoms with Crippen LogP contribution in [-0.4, -0.2) is 11.6 Å². The molecule has 0 unspecified atom stereocenters. The first kappa shape index (κ1) is 10.7. The van der Waals surface area contributed by atoms with E-state index in [4.69, 9.17) is 0 Å². The summed E-state index contributed by atoms with van der Waals surface area (Å²) in [6.07, 6.45) is 3.57. The van der Waals surface area contributed by atoms with Crippen molar-refractivity contribution >= 4 is 22.2 Å². The third kappa shape index (κ3) is 7.61. The molecule has 0 radical (unpaired) electrons. The molecule has 0 aromatic rings. The Balaban J connectivity index is 3.30. The number of alkyl halides is 1. The molecule has 0 saturated carbocycles. The molecule has 0 amide bonds. The Hall–Kier alpha value is -0.290. The van der Waals surface area contributed by atoms with Crippen molar-refractivity contribution in [2.45, 2.75) is 26.2 Å². The average Bonchev–Trinajstić information content (AvgIpc) is 1.99. The van der Waals surface area contributed by atoms with Crippen molar-refractivity contribution in [3.05, 3.63) is 0 Å². The molecule has 11 heavy (non-hydrogen) atoms. The van der Waals surface area contributed by atoms with Gasteiger partial charge in [0, 0.05) is 12.8 Å². The van der Waals surface area contributed by atoms with E-state index in [2.05, 4.69) is 34.7 Å². The molecule has 2 heteroatoms. The highest BCUT2D eigenvalue weighted by molar-refractivity contribution is 9.09. The van der Waals surface area contributed by atoms with Crippen molar-refractivity contribution in [3.8, 4) is 11.8 Å². The smallest absolute Gasteiger partial charge is 0.120 e. The van der Waals surface area contributed by atoms with Crippen LogP contribution in [0.25, 0.3) is 0 Å². The molecule has 1 nitrogen and oxygen atoms in total. The Kier molecular flexibility index (Phi) is 7.61. The van der Waals surface area contributed by atoms with Crippen molar-refractivity contribution in [2.75, 3.05) is 5.33 Å². The molecule has 62 valence electrons. The molecular formula is C9H13BrO. The number of carbonyl (C=O) groups excluding carboxylic acids is 1. The first-order valence-corrected chi connectivity index (χ1v) is 4.88. The van der Waals surface area contributed by atoms with Crippen molar-refractivity contribution in [1.82, 2.24) is 0 Å². The van der Waals surface area contributed by atoms with Gasteiger partial charge in [-0.3, -0.25) is 0 Å². The normalized spacial score (nSPS) is 11.5. The van der Waals surface area contributed by atoms with Crippen LogP contribution in [0, 0.1) is 17.8 Å². The van der Waals surface area contributed by atoms with E-state index in [1.807, 2.05) is 0 Å². The SMILES string of the molecule is C[C@@H](CC=O)CCC#CCBr. The van der Waals surface area contributed by atoms with Crippen LogP contribution >= 0.6 is 15.9 Å². The zero-order valence-corrected chi connectivity index (χ0v) is 8.36. The Morgan fingerprint density at radius 2 is 2.27 bits per heavy atom. The molecule has 0 aromatic heterocycles. The van der Waals surface area contributed by atoms with Gasteiger partial charge in [0.1, 0.15) is 6.29 Å². The Morgan fingerprint density at radius 1 is 1.55 bits per heavy atom. The fourth-order valence-electron chi connectivity index (χ4n) is 0.736. The van der Waals surface area contributed by atoms with Gasteiger partial charge in [-0.05, 0) is 12.3 Å². The van der Waals surface area contributed by atoms with Crippen LogP contribution in [0.15, 0.2) is 0 Å². The van der Waals surface area contributed by atoms with Crippen molar-refractivity contribution in [1.29, 1.82) is 0 Å². The van der Waals surface area contributed by atoms with Crippen LogP contribution < -0.4 is 0 Å². The van der Waals surface area contributed by atoms with Gasteiger partial charge in [-0.25, -0.2) is 0 Å². The maximum Gasteiger partial charge on any atom is 0.120 e. The molecule has 0 rings (SSSR count). The number of aldehydes is 1. The largest absolute Gasteiger partial charge is 0.303 e. The summed E-state index contributed by atoms with van der Waals surface area (Å²) in [7, 11) is 0. The molecule has 0 aliphatic carbocycles. The van der Waals surface area contributed by atoms with E-state index >= 15 is 0 Å². The number of halogens is 1. The average molecular weight is 217 g/mol. The number of hydrogen-bond acceptors (Lipinski definition) is 1. The highest BCUT2D eigenvalue weighted by Gasteiger charge is 1.97. The van der Waals surface area contributed by atoms with Gasteiger partial charge in [0.25, 0.3) is 0 Å². The molecule has 0 heterocycles. The topological polar surface area (TPSA) is 17.1 Å². The summed E-state index contributed by atoms with van der Waals surface area (Å²) in [5.74, 6) is 6.42. The fourth-order valence-corrected chi connectivity index (χ4v) is 0.935. The zero-order chi connectivity index (χ0) is 8.53. The molecular weight excluding hydrogens is 204 g/mol.